The van der Waals surface area contributed by atoms with Gasteiger partial charge in [0.05, 0.1) is 6.04 Å². The number of alkyl carbamates (subject to hydrolysis) is 1. The lowest BCUT2D eigenvalue weighted by atomic mass is 9.93. The number of carbonyl (C=O) groups excluding carboxylic acids is 5. The minimum Gasteiger partial charge on any atom is -0.444 e. The summed E-state index contributed by atoms with van der Waals surface area (Å²) in [5.41, 5.74) is 6.71. The van der Waals surface area contributed by atoms with Crippen molar-refractivity contribution in [2.45, 2.75) is 97.4 Å². The maximum Gasteiger partial charge on any atom is 0.408 e. The molecule has 1 aliphatic heterocycles. The number of fused-ring (bicyclic) bond motifs is 1. The molecule has 10 nitrogen and oxygen atoms in total. The summed E-state index contributed by atoms with van der Waals surface area (Å²) in [5, 5.41) is 5.51. The molecule has 0 bridgehead atoms. The van der Waals surface area contributed by atoms with Gasteiger partial charge in [0, 0.05) is 6.54 Å². The van der Waals surface area contributed by atoms with E-state index in [-0.39, 0.29) is 30.1 Å². The standard InChI is InChI=1S/C30H44N4O6/c1-7-10-22(25(35)26(31)36)32-27(37)23-15-21(17(2)3)16-34(23)28(38)24(33-29(39)40-30(4,5)6)20-13-18-11-8-9-12-19(18)14-20/h8-9,11-12,17,20-24H,7,10,13-16H2,1-6H3,(H2,31,36)(H,32,37)(H,33,39)/t21-,22?,23+,24+/m1/s1. The first-order valence-electron chi connectivity index (χ1n) is 14.2. The third-order valence-corrected chi connectivity index (χ3v) is 7.81. The highest BCUT2D eigenvalue weighted by atomic mass is 16.6. The molecular formula is C30H44N4O6. The van der Waals surface area contributed by atoms with Crippen LogP contribution < -0.4 is 16.4 Å². The van der Waals surface area contributed by atoms with E-state index < -0.39 is 47.4 Å². The first kappa shape index (κ1) is 31.1. The fourth-order valence-corrected chi connectivity index (χ4v) is 5.66. The Morgan fingerprint density at radius 1 is 1.02 bits per heavy atom. The average Bonchev–Trinajstić information content (AvgIpc) is 3.50. The number of hydrogen-bond donors (Lipinski definition) is 3. The number of ether oxygens (including phenoxy) is 1. The van der Waals surface area contributed by atoms with E-state index in [0.29, 0.717) is 32.2 Å². The first-order valence-corrected chi connectivity index (χ1v) is 14.2. The van der Waals surface area contributed by atoms with Crippen LogP contribution in [0.2, 0.25) is 0 Å². The fraction of sp³-hybridized carbons (Fsp3) is 0.633. The van der Waals surface area contributed by atoms with Gasteiger partial charge in [-0.05, 0) is 75.3 Å². The molecule has 1 saturated heterocycles. The minimum atomic E-state index is -1.11. The molecule has 1 heterocycles. The molecule has 4 amide bonds. The van der Waals surface area contributed by atoms with Crippen molar-refractivity contribution >= 4 is 29.6 Å². The number of Topliss-reactive ketones (excluding diaryl/α,β-unsaturated/α-hetero) is 1. The Morgan fingerprint density at radius 2 is 1.62 bits per heavy atom. The van der Waals surface area contributed by atoms with E-state index in [9.17, 15) is 24.0 Å². The molecule has 0 spiro atoms. The summed E-state index contributed by atoms with van der Waals surface area (Å²) in [6, 6.07) is 5.13. The van der Waals surface area contributed by atoms with Crippen molar-refractivity contribution in [3.8, 4) is 0 Å². The Hall–Kier alpha value is -3.43. The molecular weight excluding hydrogens is 512 g/mol. The molecule has 1 fully saturated rings. The highest BCUT2D eigenvalue weighted by Crippen LogP contribution is 2.34. The number of primary amides is 1. The van der Waals surface area contributed by atoms with E-state index in [1.54, 1.807) is 20.8 Å². The summed E-state index contributed by atoms with van der Waals surface area (Å²) >= 11 is 0. The van der Waals surface area contributed by atoms with Gasteiger partial charge in [0.2, 0.25) is 17.6 Å². The van der Waals surface area contributed by atoms with E-state index in [1.165, 1.54) is 4.90 Å². The zero-order valence-electron chi connectivity index (χ0n) is 24.5. The maximum atomic E-state index is 14.3. The van der Waals surface area contributed by atoms with Gasteiger partial charge in [0.25, 0.3) is 5.91 Å². The SMILES string of the molecule is CCCC(NC(=O)[C@@H]1C[C@@H](C(C)C)CN1C(=O)[C@@H](NC(=O)OC(C)(C)C)C1Cc2ccccc2C1)C(=O)C(N)=O. The third-order valence-electron chi connectivity index (χ3n) is 7.81. The van der Waals surface area contributed by atoms with Crippen molar-refractivity contribution in [3.05, 3.63) is 35.4 Å². The number of nitrogens with zero attached hydrogens (tertiary/aromatic N) is 1. The smallest absolute Gasteiger partial charge is 0.408 e. The number of amides is 4. The molecule has 0 radical (unpaired) electrons. The van der Waals surface area contributed by atoms with Crippen molar-refractivity contribution in [3.63, 3.8) is 0 Å². The molecule has 4 N–H and O–H groups in total. The Balaban J connectivity index is 1.90. The number of rotatable bonds is 10. The molecule has 4 atom stereocenters. The van der Waals surface area contributed by atoms with Gasteiger partial charge in [-0.15, -0.1) is 0 Å². The van der Waals surface area contributed by atoms with Crippen LogP contribution in [0.4, 0.5) is 4.79 Å². The van der Waals surface area contributed by atoms with Crippen LogP contribution in [0.25, 0.3) is 0 Å². The summed E-state index contributed by atoms with van der Waals surface area (Å²) in [5.74, 6) is -2.82. The van der Waals surface area contributed by atoms with Crippen LogP contribution >= 0.6 is 0 Å². The van der Waals surface area contributed by atoms with Gasteiger partial charge in [-0.25, -0.2) is 4.79 Å². The van der Waals surface area contributed by atoms with Crippen LogP contribution in [0.5, 0.6) is 0 Å². The van der Waals surface area contributed by atoms with Gasteiger partial charge in [-0.1, -0.05) is 51.5 Å². The van der Waals surface area contributed by atoms with Crippen LogP contribution in [0, 0.1) is 17.8 Å². The van der Waals surface area contributed by atoms with Gasteiger partial charge in [0.1, 0.15) is 17.7 Å². The number of hydrogen-bond acceptors (Lipinski definition) is 6. The van der Waals surface area contributed by atoms with Crippen molar-refractivity contribution in [2.75, 3.05) is 6.54 Å². The molecule has 2 aliphatic rings. The number of ketones is 1. The molecule has 1 aliphatic carbocycles. The maximum absolute atomic E-state index is 14.3. The van der Waals surface area contributed by atoms with Crippen LogP contribution in [-0.4, -0.2) is 64.8 Å². The zero-order chi connectivity index (χ0) is 29.8. The molecule has 0 saturated carbocycles. The highest BCUT2D eigenvalue weighted by Gasteiger charge is 2.46. The van der Waals surface area contributed by atoms with Crippen LogP contribution in [0.3, 0.4) is 0 Å². The van der Waals surface area contributed by atoms with E-state index in [2.05, 4.69) is 10.6 Å². The second kappa shape index (κ2) is 12.8. The van der Waals surface area contributed by atoms with Crippen molar-refractivity contribution < 1.29 is 28.7 Å². The topological polar surface area (TPSA) is 148 Å². The molecule has 220 valence electrons. The number of nitrogens with two attached hydrogens (primary N) is 1. The van der Waals surface area contributed by atoms with Gasteiger partial charge < -0.3 is 26.0 Å². The summed E-state index contributed by atoms with van der Waals surface area (Å²) in [4.78, 5) is 66.2. The summed E-state index contributed by atoms with van der Waals surface area (Å²) in [6.07, 6.45) is 1.72. The zero-order valence-corrected chi connectivity index (χ0v) is 24.5. The number of nitrogens with one attached hydrogen (secondary N) is 2. The largest absolute Gasteiger partial charge is 0.444 e. The molecule has 10 heteroatoms. The van der Waals surface area contributed by atoms with Crippen LogP contribution in [0.1, 0.15) is 71.9 Å². The van der Waals surface area contributed by atoms with Crippen LogP contribution in [-0.2, 0) is 36.8 Å². The van der Waals surface area contributed by atoms with E-state index in [0.717, 1.165) is 11.1 Å². The average molecular weight is 557 g/mol. The lowest BCUT2D eigenvalue weighted by Gasteiger charge is -2.32. The lowest BCUT2D eigenvalue weighted by molar-refractivity contribution is -0.142. The highest BCUT2D eigenvalue weighted by molar-refractivity contribution is 6.37. The first-order chi connectivity index (χ1) is 18.7. The molecule has 1 aromatic carbocycles. The van der Waals surface area contributed by atoms with Gasteiger partial charge in [-0.3, -0.25) is 19.2 Å². The summed E-state index contributed by atoms with van der Waals surface area (Å²) in [7, 11) is 0. The third kappa shape index (κ3) is 7.61. The molecule has 1 aromatic rings. The number of carbonyl (C=O) groups is 5. The second-order valence-electron chi connectivity index (χ2n) is 12.4. The van der Waals surface area contributed by atoms with E-state index in [1.807, 2.05) is 45.0 Å². The Kier molecular flexibility index (Phi) is 9.97. The molecule has 40 heavy (non-hydrogen) atoms. The molecule has 0 aromatic heterocycles. The predicted molar refractivity (Wildman–Crippen MR) is 150 cm³/mol. The number of benzene rings is 1. The van der Waals surface area contributed by atoms with Gasteiger partial charge in [-0.2, -0.15) is 0 Å². The lowest BCUT2D eigenvalue weighted by Crippen LogP contribution is -2.58. The Morgan fingerprint density at radius 3 is 2.12 bits per heavy atom. The van der Waals surface area contributed by atoms with E-state index in [4.69, 9.17) is 10.5 Å². The fourth-order valence-electron chi connectivity index (χ4n) is 5.66. The second-order valence-corrected chi connectivity index (χ2v) is 12.4. The van der Waals surface area contributed by atoms with Crippen LogP contribution in [0.15, 0.2) is 24.3 Å². The minimum absolute atomic E-state index is 0.0409. The Labute approximate surface area is 236 Å². The summed E-state index contributed by atoms with van der Waals surface area (Å²) < 4.78 is 5.50. The molecule has 1 unspecified atom stereocenters. The molecule has 3 rings (SSSR count). The van der Waals surface area contributed by atoms with Crippen molar-refractivity contribution in [1.29, 1.82) is 0 Å². The van der Waals surface area contributed by atoms with Gasteiger partial charge >= 0.3 is 6.09 Å². The quantitative estimate of drug-likeness (QED) is 0.377. The van der Waals surface area contributed by atoms with Crippen molar-refractivity contribution in [2.24, 2.45) is 23.5 Å². The predicted octanol–water partition coefficient (Wildman–Crippen LogP) is 2.51. The van der Waals surface area contributed by atoms with Gasteiger partial charge in [0.15, 0.2) is 0 Å². The number of likely N-dealkylation sites (tertiary alicyclic amines) is 1. The van der Waals surface area contributed by atoms with E-state index >= 15 is 0 Å². The monoisotopic (exact) mass is 556 g/mol. The Bertz CT molecular complexity index is 1100. The summed E-state index contributed by atoms with van der Waals surface area (Å²) in [6.45, 7) is 11.5. The van der Waals surface area contributed by atoms with Crippen molar-refractivity contribution in [1.82, 2.24) is 15.5 Å². The normalized spacial score (nSPS) is 20.5.